The molecule has 17 heavy (non-hydrogen) atoms. The van der Waals surface area contributed by atoms with Gasteiger partial charge in [-0.25, -0.2) is 4.98 Å². The highest BCUT2D eigenvalue weighted by molar-refractivity contribution is 5.32. The number of ether oxygens (including phenoxy) is 1. The molecule has 0 radical (unpaired) electrons. The van der Waals surface area contributed by atoms with E-state index in [-0.39, 0.29) is 24.0 Å². The summed E-state index contributed by atoms with van der Waals surface area (Å²) in [5.41, 5.74) is -0.177. The number of nitrogens with zero attached hydrogens (tertiary/aromatic N) is 2. The molecule has 1 rings (SSSR count). The van der Waals surface area contributed by atoms with Crippen molar-refractivity contribution in [2.24, 2.45) is 0 Å². The summed E-state index contributed by atoms with van der Waals surface area (Å²) < 4.78 is 6.52. The Balaban J connectivity index is 2.83. The molecule has 0 aromatic carbocycles. The maximum absolute atomic E-state index is 11.9. The summed E-state index contributed by atoms with van der Waals surface area (Å²) in [6.45, 7) is 2.86. The van der Waals surface area contributed by atoms with Gasteiger partial charge >= 0.3 is 0 Å². The van der Waals surface area contributed by atoms with Gasteiger partial charge in [-0.05, 0) is 6.42 Å². The van der Waals surface area contributed by atoms with Crippen LogP contribution in [-0.2, 0) is 11.3 Å². The molecule has 0 bridgehead atoms. The van der Waals surface area contributed by atoms with Crippen molar-refractivity contribution < 1.29 is 9.84 Å². The number of nitrogens with one attached hydrogen (secondary N) is 1. The van der Waals surface area contributed by atoms with Crippen LogP contribution in [0.2, 0.25) is 0 Å². The van der Waals surface area contributed by atoms with E-state index in [1.54, 1.807) is 17.0 Å². The fraction of sp³-hybridized carbons (Fsp3) is 0.636. The van der Waals surface area contributed by atoms with Gasteiger partial charge in [-0.3, -0.25) is 4.79 Å². The zero-order valence-corrected chi connectivity index (χ0v) is 10.2. The van der Waals surface area contributed by atoms with E-state index >= 15 is 0 Å². The number of methoxy groups -OCH3 is 1. The first-order valence-electron chi connectivity index (χ1n) is 5.64. The van der Waals surface area contributed by atoms with E-state index in [1.165, 1.54) is 7.11 Å². The molecule has 0 spiro atoms. The van der Waals surface area contributed by atoms with Crippen molar-refractivity contribution in [2.75, 3.05) is 25.6 Å². The summed E-state index contributed by atoms with van der Waals surface area (Å²) in [6.07, 6.45) is 4.10. The third kappa shape index (κ3) is 3.83. The molecule has 1 heterocycles. The second-order valence-electron chi connectivity index (χ2n) is 3.75. The second kappa shape index (κ2) is 7.03. The quantitative estimate of drug-likeness (QED) is 0.706. The molecule has 6 heteroatoms. The molecule has 1 atom stereocenters. The van der Waals surface area contributed by atoms with Crippen LogP contribution in [0.3, 0.4) is 0 Å². The van der Waals surface area contributed by atoms with Crippen molar-refractivity contribution >= 4 is 5.82 Å². The van der Waals surface area contributed by atoms with Crippen LogP contribution in [0.4, 0.5) is 5.82 Å². The van der Waals surface area contributed by atoms with Crippen LogP contribution in [0.5, 0.6) is 0 Å². The highest BCUT2D eigenvalue weighted by Gasteiger charge is 2.11. The molecule has 0 aliphatic rings. The molecule has 6 nitrogen and oxygen atoms in total. The van der Waals surface area contributed by atoms with E-state index in [0.717, 1.165) is 6.42 Å². The lowest BCUT2D eigenvalue weighted by Crippen LogP contribution is -2.34. The number of anilines is 1. The van der Waals surface area contributed by atoms with Gasteiger partial charge in [0.25, 0.3) is 5.56 Å². The fourth-order valence-corrected chi connectivity index (χ4v) is 1.50. The number of aromatic nitrogens is 2. The monoisotopic (exact) mass is 241 g/mol. The predicted molar refractivity (Wildman–Crippen MR) is 65.2 cm³/mol. The van der Waals surface area contributed by atoms with Crippen molar-refractivity contribution in [1.29, 1.82) is 0 Å². The predicted octanol–water partition coefficient (Wildman–Crippen LogP) is 0.0725. The summed E-state index contributed by atoms with van der Waals surface area (Å²) in [6, 6.07) is -0.322. The van der Waals surface area contributed by atoms with E-state index in [2.05, 4.69) is 10.3 Å². The number of hydrogen-bond donors (Lipinski definition) is 2. The molecule has 2 N–H and O–H groups in total. The molecule has 0 aliphatic carbocycles. The minimum absolute atomic E-state index is 0.113. The van der Waals surface area contributed by atoms with Crippen LogP contribution >= 0.6 is 0 Å². The topological polar surface area (TPSA) is 76.4 Å². The zero-order valence-electron chi connectivity index (χ0n) is 10.2. The minimum Gasteiger partial charge on any atom is -0.394 e. The summed E-state index contributed by atoms with van der Waals surface area (Å²) in [5, 5.41) is 12.0. The molecule has 96 valence electrons. The van der Waals surface area contributed by atoms with Gasteiger partial charge in [0.1, 0.15) is 0 Å². The average Bonchev–Trinajstić information content (AvgIpc) is 2.33. The molecule has 1 aromatic heterocycles. The lowest BCUT2D eigenvalue weighted by Gasteiger charge is -2.15. The van der Waals surface area contributed by atoms with E-state index in [9.17, 15) is 4.79 Å². The summed E-state index contributed by atoms with van der Waals surface area (Å²) in [4.78, 5) is 15.9. The third-order valence-electron chi connectivity index (χ3n) is 2.31. The molecule has 0 fully saturated rings. The Kier molecular flexibility index (Phi) is 5.65. The molecule has 0 amide bonds. The van der Waals surface area contributed by atoms with Gasteiger partial charge in [0.15, 0.2) is 5.82 Å². The number of aliphatic hydroxyl groups excluding tert-OH is 1. The highest BCUT2D eigenvalue weighted by Crippen LogP contribution is 1.98. The van der Waals surface area contributed by atoms with Crippen molar-refractivity contribution in [3.8, 4) is 0 Å². The Morgan fingerprint density at radius 1 is 1.65 bits per heavy atom. The SMILES string of the molecule is CCCn1ccnc(NC(CO)COC)c1=O. The van der Waals surface area contributed by atoms with Gasteiger partial charge in [-0.2, -0.15) is 0 Å². The molecule has 0 saturated heterocycles. The van der Waals surface area contributed by atoms with Gasteiger partial charge in [0.05, 0.1) is 19.3 Å². The van der Waals surface area contributed by atoms with Crippen LogP contribution in [0.1, 0.15) is 13.3 Å². The Hall–Kier alpha value is -1.40. The van der Waals surface area contributed by atoms with Crippen LogP contribution in [0.15, 0.2) is 17.2 Å². The highest BCUT2D eigenvalue weighted by atomic mass is 16.5. The van der Waals surface area contributed by atoms with Crippen molar-refractivity contribution in [3.63, 3.8) is 0 Å². The molecular formula is C11H19N3O3. The number of aryl methyl sites for hydroxylation is 1. The van der Waals surface area contributed by atoms with Crippen LogP contribution in [0, 0.1) is 0 Å². The number of hydrogen-bond acceptors (Lipinski definition) is 5. The van der Waals surface area contributed by atoms with Crippen molar-refractivity contribution in [3.05, 3.63) is 22.7 Å². The van der Waals surface area contributed by atoms with E-state index in [4.69, 9.17) is 9.84 Å². The van der Waals surface area contributed by atoms with Gasteiger partial charge < -0.3 is 19.7 Å². The molecule has 1 unspecified atom stereocenters. The average molecular weight is 241 g/mol. The van der Waals surface area contributed by atoms with Crippen LogP contribution < -0.4 is 10.9 Å². The Morgan fingerprint density at radius 3 is 3.00 bits per heavy atom. The van der Waals surface area contributed by atoms with E-state index < -0.39 is 0 Å². The van der Waals surface area contributed by atoms with Crippen LogP contribution in [0.25, 0.3) is 0 Å². The smallest absolute Gasteiger partial charge is 0.293 e. The normalized spacial score (nSPS) is 12.4. The number of rotatable bonds is 7. The molecule has 1 aromatic rings. The lowest BCUT2D eigenvalue weighted by atomic mass is 10.3. The first-order chi connectivity index (χ1) is 8.22. The summed E-state index contributed by atoms with van der Waals surface area (Å²) >= 11 is 0. The molecular weight excluding hydrogens is 222 g/mol. The lowest BCUT2D eigenvalue weighted by molar-refractivity contribution is 0.153. The van der Waals surface area contributed by atoms with Gasteiger partial charge in [0.2, 0.25) is 0 Å². The second-order valence-corrected chi connectivity index (χ2v) is 3.75. The largest absolute Gasteiger partial charge is 0.394 e. The summed E-state index contributed by atoms with van der Waals surface area (Å²) in [5.74, 6) is 0.247. The van der Waals surface area contributed by atoms with E-state index in [0.29, 0.717) is 13.2 Å². The zero-order chi connectivity index (χ0) is 12.7. The first-order valence-corrected chi connectivity index (χ1v) is 5.64. The minimum atomic E-state index is -0.322. The maximum atomic E-state index is 11.9. The molecule has 0 saturated carbocycles. The van der Waals surface area contributed by atoms with Gasteiger partial charge in [-0.15, -0.1) is 0 Å². The Morgan fingerprint density at radius 2 is 2.41 bits per heavy atom. The van der Waals surface area contributed by atoms with Crippen LogP contribution in [-0.4, -0.2) is 41.0 Å². The third-order valence-corrected chi connectivity index (χ3v) is 2.31. The standard InChI is InChI=1S/C11H19N3O3/c1-3-5-14-6-4-12-10(11(14)16)13-9(7-15)8-17-2/h4,6,9,15H,3,5,7-8H2,1-2H3,(H,12,13). The van der Waals surface area contributed by atoms with Crippen molar-refractivity contribution in [2.45, 2.75) is 25.9 Å². The fourth-order valence-electron chi connectivity index (χ4n) is 1.50. The summed E-state index contributed by atoms with van der Waals surface area (Å²) in [7, 11) is 1.54. The number of aliphatic hydroxyl groups is 1. The van der Waals surface area contributed by atoms with Gasteiger partial charge in [0, 0.05) is 26.0 Å². The Labute approximate surface area is 100 Å². The van der Waals surface area contributed by atoms with Gasteiger partial charge in [-0.1, -0.05) is 6.92 Å². The van der Waals surface area contributed by atoms with E-state index in [1.807, 2.05) is 6.92 Å². The maximum Gasteiger partial charge on any atom is 0.293 e. The van der Waals surface area contributed by atoms with Crippen molar-refractivity contribution in [1.82, 2.24) is 9.55 Å². The first kappa shape index (κ1) is 13.7. The Bertz CT molecular complexity index is 392. The molecule has 0 aliphatic heterocycles.